The van der Waals surface area contributed by atoms with Gasteiger partial charge in [0.25, 0.3) is 5.91 Å². The molecule has 0 aliphatic rings. The van der Waals surface area contributed by atoms with Crippen LogP contribution < -0.4 is 5.32 Å². The van der Waals surface area contributed by atoms with E-state index >= 15 is 0 Å². The summed E-state index contributed by atoms with van der Waals surface area (Å²) in [6.45, 7) is 4.56. The van der Waals surface area contributed by atoms with Gasteiger partial charge in [0, 0.05) is 22.5 Å². The smallest absolute Gasteiger partial charge is 0.251 e. The van der Waals surface area contributed by atoms with E-state index in [1.54, 1.807) is 11.3 Å². The molecule has 0 bridgehead atoms. The van der Waals surface area contributed by atoms with Crippen LogP contribution in [0.1, 0.15) is 33.0 Å². The number of hydrogen-bond acceptors (Lipinski definition) is 5. The van der Waals surface area contributed by atoms with E-state index in [-0.39, 0.29) is 5.91 Å². The fraction of sp³-hybridized carbons (Fsp3) is 0.263. The van der Waals surface area contributed by atoms with Gasteiger partial charge in [-0.1, -0.05) is 12.1 Å². The first-order valence-electron chi connectivity index (χ1n) is 8.21. The van der Waals surface area contributed by atoms with E-state index in [0.717, 1.165) is 35.5 Å². The minimum Gasteiger partial charge on any atom is -0.352 e. The second-order valence-electron chi connectivity index (χ2n) is 5.86. The number of carbonyl (C=O) groups is 1. The molecule has 25 heavy (non-hydrogen) atoms. The zero-order chi connectivity index (χ0) is 17.6. The van der Waals surface area contributed by atoms with Crippen LogP contribution in [0.15, 0.2) is 41.9 Å². The fourth-order valence-corrected chi connectivity index (χ4v) is 3.32. The molecule has 0 spiro atoms. The maximum atomic E-state index is 12.4. The molecule has 0 unspecified atom stereocenters. The van der Waals surface area contributed by atoms with Gasteiger partial charge in [0.1, 0.15) is 0 Å². The van der Waals surface area contributed by atoms with Crippen LogP contribution in [0.25, 0.3) is 11.3 Å². The molecule has 0 fully saturated rings. The topological polar surface area (TPSA) is 67.8 Å². The maximum absolute atomic E-state index is 12.4. The van der Waals surface area contributed by atoms with E-state index in [9.17, 15) is 4.79 Å². The molecule has 0 aliphatic carbocycles. The molecule has 128 valence electrons. The van der Waals surface area contributed by atoms with Crippen LogP contribution in [0, 0.1) is 13.8 Å². The van der Waals surface area contributed by atoms with E-state index in [1.165, 1.54) is 4.88 Å². The van der Waals surface area contributed by atoms with Gasteiger partial charge in [-0.15, -0.1) is 11.3 Å². The molecule has 6 heteroatoms. The molecular weight excluding hydrogens is 332 g/mol. The highest BCUT2D eigenvalue weighted by atomic mass is 32.1. The fourth-order valence-electron chi connectivity index (χ4n) is 2.49. The van der Waals surface area contributed by atoms with Gasteiger partial charge in [-0.3, -0.25) is 4.79 Å². The van der Waals surface area contributed by atoms with Gasteiger partial charge in [0.2, 0.25) is 0 Å². The zero-order valence-electron chi connectivity index (χ0n) is 14.3. The Morgan fingerprint density at radius 2 is 2.04 bits per heavy atom. The summed E-state index contributed by atoms with van der Waals surface area (Å²) in [6.07, 6.45) is 1.84. The van der Waals surface area contributed by atoms with Crippen molar-refractivity contribution >= 4 is 17.2 Å². The first-order valence-corrected chi connectivity index (χ1v) is 9.09. The molecule has 1 amide bonds. The largest absolute Gasteiger partial charge is 0.352 e. The van der Waals surface area contributed by atoms with Crippen molar-refractivity contribution in [2.24, 2.45) is 0 Å². The maximum Gasteiger partial charge on any atom is 0.251 e. The number of rotatable bonds is 6. The molecule has 2 heterocycles. The van der Waals surface area contributed by atoms with Crippen LogP contribution in [-0.2, 0) is 6.42 Å². The molecule has 1 aromatic carbocycles. The number of benzene rings is 1. The molecule has 0 atom stereocenters. The Balaban J connectivity index is 1.58. The summed E-state index contributed by atoms with van der Waals surface area (Å²) in [5, 5.41) is 11.2. The lowest BCUT2D eigenvalue weighted by Gasteiger charge is -2.07. The number of nitrogens with zero attached hydrogens (tertiary/aromatic N) is 3. The van der Waals surface area contributed by atoms with Crippen molar-refractivity contribution in [3.63, 3.8) is 0 Å². The molecule has 0 saturated heterocycles. The number of carbonyl (C=O) groups excluding carboxylic acids is 1. The van der Waals surface area contributed by atoms with E-state index in [2.05, 4.69) is 20.5 Å². The lowest BCUT2D eigenvalue weighted by Crippen LogP contribution is -2.24. The van der Waals surface area contributed by atoms with Crippen molar-refractivity contribution in [1.29, 1.82) is 0 Å². The van der Waals surface area contributed by atoms with Gasteiger partial charge in [0.15, 0.2) is 0 Å². The van der Waals surface area contributed by atoms with Gasteiger partial charge in [0.05, 0.1) is 22.6 Å². The third kappa shape index (κ3) is 4.48. The second-order valence-corrected chi connectivity index (χ2v) is 6.80. The summed E-state index contributed by atoms with van der Waals surface area (Å²) < 4.78 is 0. The SMILES string of the molecule is Cc1ccc(-c2cccc(C(=O)NCCCc3scnc3C)c2)nn1. The quantitative estimate of drug-likeness (QED) is 0.689. The molecule has 1 N–H and O–H groups in total. The number of hydrogen-bond donors (Lipinski definition) is 1. The normalized spacial score (nSPS) is 10.6. The number of aryl methyl sites for hydroxylation is 3. The van der Waals surface area contributed by atoms with Crippen LogP contribution in [0.5, 0.6) is 0 Å². The van der Waals surface area contributed by atoms with Gasteiger partial charge < -0.3 is 5.32 Å². The Bertz CT molecular complexity index is 858. The highest BCUT2D eigenvalue weighted by Crippen LogP contribution is 2.18. The molecular formula is C19H20N4OS. The monoisotopic (exact) mass is 352 g/mol. The van der Waals surface area contributed by atoms with Crippen LogP contribution in [0.2, 0.25) is 0 Å². The molecule has 0 aliphatic heterocycles. The molecule has 2 aromatic heterocycles. The summed E-state index contributed by atoms with van der Waals surface area (Å²) >= 11 is 1.67. The molecule has 3 rings (SSSR count). The minimum atomic E-state index is -0.0667. The van der Waals surface area contributed by atoms with Gasteiger partial charge >= 0.3 is 0 Å². The average molecular weight is 352 g/mol. The van der Waals surface area contributed by atoms with E-state index in [0.29, 0.717) is 12.1 Å². The Kier molecular flexibility index (Phi) is 5.50. The van der Waals surface area contributed by atoms with Crippen molar-refractivity contribution in [3.8, 4) is 11.3 Å². The Morgan fingerprint density at radius 3 is 2.76 bits per heavy atom. The van der Waals surface area contributed by atoms with Gasteiger partial charge in [-0.2, -0.15) is 10.2 Å². The number of aromatic nitrogens is 3. The predicted molar refractivity (Wildman–Crippen MR) is 99.7 cm³/mol. The van der Waals surface area contributed by atoms with E-state index in [4.69, 9.17) is 0 Å². The first kappa shape index (κ1) is 17.2. The van der Waals surface area contributed by atoms with Crippen molar-refractivity contribution in [2.45, 2.75) is 26.7 Å². The standard InChI is InChI=1S/C19H20N4OS/c1-13-8-9-17(23-22-13)15-5-3-6-16(11-15)19(24)20-10-4-7-18-14(2)21-12-25-18/h3,5-6,8-9,11-12H,4,7,10H2,1-2H3,(H,20,24). The van der Waals surface area contributed by atoms with Gasteiger partial charge in [-0.05, 0) is 51.0 Å². The molecule has 0 saturated carbocycles. The number of nitrogens with one attached hydrogen (secondary N) is 1. The van der Waals surface area contributed by atoms with E-state index < -0.39 is 0 Å². The Labute approximate surface area is 151 Å². The highest BCUT2D eigenvalue weighted by molar-refractivity contribution is 7.09. The lowest BCUT2D eigenvalue weighted by molar-refractivity contribution is 0.0953. The molecule has 0 radical (unpaired) electrons. The zero-order valence-corrected chi connectivity index (χ0v) is 15.1. The van der Waals surface area contributed by atoms with E-state index in [1.807, 2.05) is 55.8 Å². The summed E-state index contributed by atoms with van der Waals surface area (Å²) in [7, 11) is 0. The van der Waals surface area contributed by atoms with Gasteiger partial charge in [-0.25, -0.2) is 4.98 Å². The van der Waals surface area contributed by atoms with Crippen molar-refractivity contribution in [1.82, 2.24) is 20.5 Å². The van der Waals surface area contributed by atoms with Crippen molar-refractivity contribution in [3.05, 3.63) is 63.7 Å². The lowest BCUT2D eigenvalue weighted by atomic mass is 10.1. The van der Waals surface area contributed by atoms with Crippen molar-refractivity contribution < 1.29 is 4.79 Å². The predicted octanol–water partition coefficient (Wildman–Crippen LogP) is 3.58. The summed E-state index contributed by atoms with van der Waals surface area (Å²) in [5.74, 6) is -0.0667. The summed E-state index contributed by atoms with van der Waals surface area (Å²) in [4.78, 5) is 17.9. The van der Waals surface area contributed by atoms with Crippen molar-refractivity contribution in [2.75, 3.05) is 6.54 Å². The number of amides is 1. The van der Waals surface area contributed by atoms with Crippen LogP contribution in [0.4, 0.5) is 0 Å². The minimum absolute atomic E-state index is 0.0667. The molecule has 3 aromatic rings. The number of thiazole rings is 1. The first-order chi connectivity index (χ1) is 12.1. The third-order valence-corrected chi connectivity index (χ3v) is 4.92. The Hall–Kier alpha value is -2.60. The summed E-state index contributed by atoms with van der Waals surface area (Å²) in [6, 6.07) is 11.3. The Morgan fingerprint density at radius 1 is 1.16 bits per heavy atom. The van der Waals surface area contributed by atoms with Crippen LogP contribution in [-0.4, -0.2) is 27.6 Å². The molecule has 5 nitrogen and oxygen atoms in total. The van der Waals surface area contributed by atoms with Crippen LogP contribution >= 0.6 is 11.3 Å². The third-order valence-electron chi connectivity index (χ3n) is 3.93. The highest BCUT2D eigenvalue weighted by Gasteiger charge is 2.08. The summed E-state index contributed by atoms with van der Waals surface area (Å²) in [5.41, 5.74) is 6.11. The average Bonchev–Trinajstić information content (AvgIpc) is 3.04. The second kappa shape index (κ2) is 7.98. The van der Waals surface area contributed by atoms with Crippen LogP contribution in [0.3, 0.4) is 0 Å².